The van der Waals surface area contributed by atoms with E-state index < -0.39 is 5.60 Å². The maximum absolute atomic E-state index is 12.0. The summed E-state index contributed by atoms with van der Waals surface area (Å²) in [4.78, 5) is 16.5. The highest BCUT2D eigenvalue weighted by atomic mass is 16.6. The first kappa shape index (κ1) is 20.0. The van der Waals surface area contributed by atoms with E-state index in [-0.39, 0.29) is 12.1 Å². The van der Waals surface area contributed by atoms with Crippen molar-refractivity contribution in [3.63, 3.8) is 0 Å². The van der Waals surface area contributed by atoms with Gasteiger partial charge in [-0.3, -0.25) is 4.99 Å². The molecule has 4 heteroatoms. The molecule has 0 aromatic rings. The average molecular weight is 325 g/mol. The van der Waals surface area contributed by atoms with Gasteiger partial charge in [0.15, 0.2) is 0 Å². The number of aliphatic imine (C=N–C) groups is 1. The van der Waals surface area contributed by atoms with Crippen molar-refractivity contribution in [3.05, 3.63) is 0 Å². The number of carbonyl (C=O) groups excluding carboxylic acids is 1. The predicted molar refractivity (Wildman–Crippen MR) is 97.3 cm³/mol. The zero-order valence-corrected chi connectivity index (χ0v) is 15.4. The van der Waals surface area contributed by atoms with E-state index in [1.807, 2.05) is 20.8 Å². The van der Waals surface area contributed by atoms with E-state index in [2.05, 4.69) is 16.5 Å². The molecule has 1 aliphatic heterocycles. The van der Waals surface area contributed by atoms with Crippen LogP contribution in [0.15, 0.2) is 4.99 Å². The van der Waals surface area contributed by atoms with Gasteiger partial charge in [-0.1, -0.05) is 38.5 Å². The van der Waals surface area contributed by atoms with Crippen LogP contribution in [0.1, 0.15) is 91.4 Å². The third-order valence-corrected chi connectivity index (χ3v) is 4.08. The van der Waals surface area contributed by atoms with Gasteiger partial charge in [-0.15, -0.1) is 0 Å². The van der Waals surface area contributed by atoms with Gasteiger partial charge in [-0.25, -0.2) is 4.79 Å². The van der Waals surface area contributed by atoms with Crippen LogP contribution in [0, 0.1) is 0 Å². The Balaban J connectivity index is 2.42. The number of alkyl carbamates (subject to hydrolysis) is 1. The van der Waals surface area contributed by atoms with Gasteiger partial charge in [-0.2, -0.15) is 0 Å². The van der Waals surface area contributed by atoms with Gasteiger partial charge >= 0.3 is 6.09 Å². The third kappa shape index (κ3) is 12.1. The molecule has 134 valence electrons. The first-order valence-corrected chi connectivity index (χ1v) is 9.45. The molecule has 0 radical (unpaired) electrons. The lowest BCUT2D eigenvalue weighted by Gasteiger charge is -2.23. The highest BCUT2D eigenvalue weighted by Crippen LogP contribution is 2.14. The first-order valence-electron chi connectivity index (χ1n) is 9.45. The molecule has 1 atom stereocenters. The van der Waals surface area contributed by atoms with E-state index >= 15 is 0 Å². The number of carbonyl (C=O) groups is 1. The number of ether oxygens (including phenoxy) is 1. The van der Waals surface area contributed by atoms with Gasteiger partial charge in [0, 0.05) is 12.6 Å². The molecule has 0 fully saturated rings. The summed E-state index contributed by atoms with van der Waals surface area (Å²) in [5.74, 6) is 0. The van der Waals surface area contributed by atoms with Crippen LogP contribution in [0.3, 0.4) is 0 Å². The normalized spacial score (nSPS) is 22.7. The van der Waals surface area contributed by atoms with Gasteiger partial charge in [0.2, 0.25) is 0 Å². The van der Waals surface area contributed by atoms with E-state index in [4.69, 9.17) is 4.74 Å². The number of rotatable bonds is 1. The Labute approximate surface area is 142 Å². The van der Waals surface area contributed by atoms with Crippen molar-refractivity contribution >= 4 is 12.3 Å². The molecule has 4 nitrogen and oxygen atoms in total. The van der Waals surface area contributed by atoms with Gasteiger partial charge in [0.1, 0.15) is 5.60 Å². The van der Waals surface area contributed by atoms with Crippen LogP contribution in [0.25, 0.3) is 0 Å². The van der Waals surface area contributed by atoms with E-state index in [0.29, 0.717) is 0 Å². The lowest BCUT2D eigenvalue weighted by atomic mass is 10.0. The quantitative estimate of drug-likeness (QED) is 0.715. The maximum atomic E-state index is 12.0. The van der Waals surface area contributed by atoms with Crippen LogP contribution in [0.4, 0.5) is 4.79 Å². The fraction of sp³-hybridized carbons (Fsp3) is 0.895. The Morgan fingerprint density at radius 3 is 2.30 bits per heavy atom. The van der Waals surface area contributed by atoms with Crippen LogP contribution in [0.5, 0.6) is 0 Å². The Kier molecular flexibility index (Phi) is 9.97. The summed E-state index contributed by atoms with van der Waals surface area (Å²) < 4.78 is 5.39. The van der Waals surface area contributed by atoms with Crippen molar-refractivity contribution in [2.24, 2.45) is 4.99 Å². The molecular weight excluding hydrogens is 288 g/mol. The third-order valence-electron chi connectivity index (χ3n) is 4.08. The zero-order valence-electron chi connectivity index (χ0n) is 15.4. The SMILES string of the molecule is CC(C)(C)OC(=O)NC1CCCC=NCCCCCCCCC1. The second-order valence-electron chi connectivity index (χ2n) is 7.63. The fourth-order valence-corrected chi connectivity index (χ4v) is 2.88. The van der Waals surface area contributed by atoms with E-state index in [1.165, 1.54) is 44.9 Å². The Morgan fingerprint density at radius 1 is 1.00 bits per heavy atom. The molecule has 23 heavy (non-hydrogen) atoms. The standard InChI is InChI=1S/C19H36N2O2/c1-19(2,3)23-18(22)21-17-13-9-7-5-4-6-8-11-15-20-16-12-10-14-17/h16-17H,4-15H2,1-3H3,(H,21,22). The summed E-state index contributed by atoms with van der Waals surface area (Å²) >= 11 is 0. The minimum Gasteiger partial charge on any atom is -0.444 e. The average Bonchev–Trinajstić information content (AvgIpc) is 2.45. The zero-order chi connectivity index (χ0) is 17.0. The van der Waals surface area contributed by atoms with Crippen LogP contribution < -0.4 is 5.32 Å². The van der Waals surface area contributed by atoms with Gasteiger partial charge in [-0.05, 0) is 59.1 Å². The molecule has 1 unspecified atom stereocenters. The molecule has 0 aromatic heterocycles. The number of hydrogen-bond donors (Lipinski definition) is 1. The maximum Gasteiger partial charge on any atom is 0.407 e. The summed E-state index contributed by atoms with van der Waals surface area (Å²) in [6.45, 7) is 6.68. The van der Waals surface area contributed by atoms with Gasteiger partial charge < -0.3 is 10.1 Å². The summed E-state index contributed by atoms with van der Waals surface area (Å²) in [6, 6.07) is 0.225. The molecule has 1 heterocycles. The van der Waals surface area contributed by atoms with Crippen molar-refractivity contribution in [1.29, 1.82) is 0 Å². The largest absolute Gasteiger partial charge is 0.444 e. The summed E-state index contributed by atoms with van der Waals surface area (Å²) in [5, 5.41) is 3.06. The van der Waals surface area contributed by atoms with Gasteiger partial charge in [0.05, 0.1) is 0 Å². The molecule has 1 N–H and O–H groups in total. The van der Waals surface area contributed by atoms with Crippen LogP contribution in [-0.2, 0) is 4.74 Å². The Bertz CT molecular complexity index is 348. The second-order valence-corrected chi connectivity index (χ2v) is 7.63. The molecule has 1 rings (SSSR count). The number of hydrogen-bond acceptors (Lipinski definition) is 3. The van der Waals surface area contributed by atoms with Crippen molar-refractivity contribution in [2.45, 2.75) is 103 Å². The summed E-state index contributed by atoms with van der Waals surface area (Å²) in [7, 11) is 0. The molecule has 0 saturated heterocycles. The minimum atomic E-state index is -0.434. The molecule has 0 spiro atoms. The number of nitrogens with one attached hydrogen (secondary N) is 1. The van der Waals surface area contributed by atoms with Crippen LogP contribution in [0.2, 0.25) is 0 Å². The monoisotopic (exact) mass is 324 g/mol. The topological polar surface area (TPSA) is 50.7 Å². The fourth-order valence-electron chi connectivity index (χ4n) is 2.88. The Morgan fingerprint density at radius 2 is 1.61 bits per heavy atom. The highest BCUT2D eigenvalue weighted by molar-refractivity contribution is 5.68. The number of nitrogens with zero attached hydrogens (tertiary/aromatic N) is 1. The summed E-state index contributed by atoms with van der Waals surface area (Å²) in [5.41, 5.74) is -0.434. The predicted octanol–water partition coefficient (Wildman–Crippen LogP) is 5.26. The van der Waals surface area contributed by atoms with Crippen molar-refractivity contribution < 1.29 is 9.53 Å². The molecule has 0 saturated carbocycles. The van der Waals surface area contributed by atoms with Crippen molar-refractivity contribution in [3.8, 4) is 0 Å². The molecular formula is C19H36N2O2. The van der Waals surface area contributed by atoms with Crippen LogP contribution >= 0.6 is 0 Å². The second kappa shape index (κ2) is 11.5. The van der Waals surface area contributed by atoms with Gasteiger partial charge in [0.25, 0.3) is 0 Å². The number of amides is 1. The lowest BCUT2D eigenvalue weighted by molar-refractivity contribution is 0.0498. The molecule has 0 bridgehead atoms. The van der Waals surface area contributed by atoms with E-state index in [0.717, 1.165) is 32.2 Å². The van der Waals surface area contributed by atoms with Crippen molar-refractivity contribution in [1.82, 2.24) is 5.32 Å². The minimum absolute atomic E-state index is 0.225. The van der Waals surface area contributed by atoms with E-state index in [1.54, 1.807) is 0 Å². The summed E-state index contributed by atoms with van der Waals surface area (Å²) in [6.07, 6.45) is 14.9. The van der Waals surface area contributed by atoms with E-state index in [9.17, 15) is 4.79 Å². The molecule has 1 aliphatic rings. The van der Waals surface area contributed by atoms with Crippen LogP contribution in [-0.4, -0.2) is 30.5 Å². The lowest BCUT2D eigenvalue weighted by Crippen LogP contribution is -2.39. The smallest absolute Gasteiger partial charge is 0.407 e. The first-order chi connectivity index (χ1) is 11.0. The highest BCUT2D eigenvalue weighted by Gasteiger charge is 2.19. The molecule has 0 aliphatic carbocycles. The van der Waals surface area contributed by atoms with Crippen molar-refractivity contribution in [2.75, 3.05) is 6.54 Å². The molecule has 0 aromatic carbocycles. The molecule has 1 amide bonds. The Hall–Kier alpha value is -1.06.